The quantitative estimate of drug-likeness (QED) is 0.226. The molecule has 220 valence electrons. The van der Waals surface area contributed by atoms with Gasteiger partial charge in [0.15, 0.2) is 0 Å². The molecule has 1 N–H and O–H groups in total. The van der Waals surface area contributed by atoms with Crippen molar-refractivity contribution in [1.29, 1.82) is 0 Å². The number of para-hydroxylation sites is 1. The highest BCUT2D eigenvalue weighted by molar-refractivity contribution is 7.92. The van der Waals surface area contributed by atoms with E-state index in [1.165, 1.54) is 17.0 Å². The SMILES string of the molecule is CCCCNC(=O)[C@@H](C)N(Cc1c(Cl)cccc1Cl)C(=O)CN(c1ccccc1)S(=O)(=O)c1ccc(OCC)cc1. The summed E-state index contributed by atoms with van der Waals surface area (Å²) in [6.07, 6.45) is 1.67. The summed E-state index contributed by atoms with van der Waals surface area (Å²) in [6.45, 7) is 5.67. The first kappa shape index (κ1) is 32.2. The number of carbonyl (C=O) groups excluding carboxylic acids is 2. The van der Waals surface area contributed by atoms with Crippen LogP contribution in [0.1, 0.15) is 39.2 Å². The van der Waals surface area contributed by atoms with Crippen LogP contribution in [0.25, 0.3) is 0 Å². The lowest BCUT2D eigenvalue weighted by molar-refractivity contribution is -0.139. The first-order valence-corrected chi connectivity index (χ1v) is 15.6. The molecular formula is C30H35Cl2N3O5S. The topological polar surface area (TPSA) is 96.0 Å². The van der Waals surface area contributed by atoms with Crippen molar-refractivity contribution in [2.45, 2.75) is 51.1 Å². The number of ether oxygens (including phenoxy) is 1. The van der Waals surface area contributed by atoms with Gasteiger partial charge in [-0.2, -0.15) is 0 Å². The van der Waals surface area contributed by atoms with Crippen LogP contribution >= 0.6 is 23.2 Å². The van der Waals surface area contributed by atoms with Gasteiger partial charge in [-0.15, -0.1) is 0 Å². The second-order valence-corrected chi connectivity index (χ2v) is 12.0. The van der Waals surface area contributed by atoms with Crippen LogP contribution in [0.15, 0.2) is 77.7 Å². The third-order valence-corrected chi connectivity index (χ3v) is 8.93. The molecule has 0 saturated carbocycles. The number of anilines is 1. The maximum Gasteiger partial charge on any atom is 0.264 e. The molecule has 0 aromatic heterocycles. The van der Waals surface area contributed by atoms with Crippen molar-refractivity contribution in [1.82, 2.24) is 10.2 Å². The number of carbonyl (C=O) groups is 2. The molecule has 8 nitrogen and oxygen atoms in total. The van der Waals surface area contributed by atoms with Gasteiger partial charge in [0.2, 0.25) is 11.8 Å². The molecule has 0 fully saturated rings. The van der Waals surface area contributed by atoms with Crippen LogP contribution < -0.4 is 14.4 Å². The molecule has 11 heteroatoms. The first-order valence-electron chi connectivity index (χ1n) is 13.4. The summed E-state index contributed by atoms with van der Waals surface area (Å²) in [5.74, 6) is -0.437. The Morgan fingerprint density at radius 3 is 2.15 bits per heavy atom. The summed E-state index contributed by atoms with van der Waals surface area (Å²) in [6, 6.07) is 18.4. The van der Waals surface area contributed by atoms with Crippen LogP contribution in [0.2, 0.25) is 10.0 Å². The van der Waals surface area contributed by atoms with Crippen molar-refractivity contribution in [3.63, 3.8) is 0 Å². The number of sulfonamides is 1. The highest BCUT2D eigenvalue weighted by atomic mass is 35.5. The molecular weight excluding hydrogens is 585 g/mol. The summed E-state index contributed by atoms with van der Waals surface area (Å²) < 4.78 is 34.3. The Labute approximate surface area is 252 Å². The Morgan fingerprint density at radius 1 is 0.927 bits per heavy atom. The minimum absolute atomic E-state index is 0.0105. The standard InChI is InChI=1S/C30H35Cl2N3O5S/c1-4-6-19-33-30(37)22(3)34(20-26-27(31)13-10-14-28(26)32)29(36)21-35(23-11-8-7-9-12-23)41(38,39)25-17-15-24(16-18-25)40-5-2/h7-18,22H,4-6,19-21H2,1-3H3,(H,33,37)/t22-/m1/s1. The fourth-order valence-corrected chi connectivity index (χ4v) is 6.03. The van der Waals surface area contributed by atoms with E-state index in [1.807, 2.05) is 13.8 Å². The highest BCUT2D eigenvalue weighted by Gasteiger charge is 2.33. The van der Waals surface area contributed by atoms with E-state index in [0.717, 1.165) is 17.1 Å². The number of rotatable bonds is 14. The number of nitrogens with zero attached hydrogens (tertiary/aromatic N) is 2. The van der Waals surface area contributed by atoms with Gasteiger partial charge >= 0.3 is 0 Å². The number of unbranched alkanes of at least 4 members (excludes halogenated alkanes) is 1. The third kappa shape index (κ3) is 8.38. The number of benzene rings is 3. The molecule has 3 aromatic carbocycles. The number of hydrogen-bond acceptors (Lipinski definition) is 5. The Hall–Kier alpha value is -3.27. The monoisotopic (exact) mass is 619 g/mol. The van der Waals surface area contributed by atoms with Gasteiger partial charge in [-0.3, -0.25) is 13.9 Å². The van der Waals surface area contributed by atoms with Crippen molar-refractivity contribution in [3.05, 3.63) is 88.4 Å². The fourth-order valence-electron chi connectivity index (χ4n) is 4.10. The second kappa shape index (κ2) is 15.1. The van der Waals surface area contributed by atoms with Crippen molar-refractivity contribution in [3.8, 4) is 5.75 Å². The summed E-state index contributed by atoms with van der Waals surface area (Å²) in [4.78, 5) is 28.3. The van der Waals surface area contributed by atoms with E-state index in [9.17, 15) is 18.0 Å². The van der Waals surface area contributed by atoms with Gasteiger partial charge in [-0.1, -0.05) is 60.8 Å². The van der Waals surface area contributed by atoms with Gasteiger partial charge in [0.1, 0.15) is 18.3 Å². The zero-order chi connectivity index (χ0) is 30.0. The molecule has 3 rings (SSSR count). The Kier molecular flexibility index (Phi) is 11.9. The molecule has 0 bridgehead atoms. The van der Waals surface area contributed by atoms with Crippen LogP contribution in [0.3, 0.4) is 0 Å². The summed E-state index contributed by atoms with van der Waals surface area (Å²) in [7, 11) is -4.19. The maximum atomic E-state index is 14.0. The van der Waals surface area contributed by atoms with Crippen LogP contribution in [0, 0.1) is 0 Å². The zero-order valence-electron chi connectivity index (χ0n) is 23.3. The molecule has 0 heterocycles. The van der Waals surface area contributed by atoms with Crippen molar-refractivity contribution in [2.75, 3.05) is 24.0 Å². The molecule has 0 radical (unpaired) electrons. The predicted molar refractivity (Wildman–Crippen MR) is 163 cm³/mol. The zero-order valence-corrected chi connectivity index (χ0v) is 25.7. The molecule has 0 unspecified atom stereocenters. The van der Waals surface area contributed by atoms with Gasteiger partial charge in [0.05, 0.1) is 17.2 Å². The second-order valence-electron chi connectivity index (χ2n) is 9.29. The van der Waals surface area contributed by atoms with E-state index in [0.29, 0.717) is 40.2 Å². The molecule has 0 aliphatic rings. The van der Waals surface area contributed by atoms with Crippen LogP contribution in [-0.2, 0) is 26.2 Å². The summed E-state index contributed by atoms with van der Waals surface area (Å²) >= 11 is 12.8. The predicted octanol–water partition coefficient (Wildman–Crippen LogP) is 5.92. The first-order chi connectivity index (χ1) is 19.6. The molecule has 0 aliphatic carbocycles. The van der Waals surface area contributed by atoms with Gasteiger partial charge < -0.3 is 15.0 Å². The molecule has 2 amide bonds. The molecule has 41 heavy (non-hydrogen) atoms. The van der Waals surface area contributed by atoms with Crippen LogP contribution in [0.4, 0.5) is 5.69 Å². The van der Waals surface area contributed by atoms with E-state index in [-0.39, 0.29) is 17.3 Å². The van der Waals surface area contributed by atoms with Crippen LogP contribution in [-0.4, -0.2) is 50.9 Å². The highest BCUT2D eigenvalue weighted by Crippen LogP contribution is 2.28. The van der Waals surface area contributed by atoms with E-state index >= 15 is 0 Å². The van der Waals surface area contributed by atoms with Crippen molar-refractivity contribution in [2.24, 2.45) is 0 Å². The van der Waals surface area contributed by atoms with Crippen molar-refractivity contribution < 1.29 is 22.7 Å². The minimum atomic E-state index is -4.19. The van der Waals surface area contributed by atoms with E-state index in [2.05, 4.69) is 5.32 Å². The van der Waals surface area contributed by atoms with E-state index < -0.39 is 28.5 Å². The van der Waals surface area contributed by atoms with Gasteiger partial charge in [0, 0.05) is 28.7 Å². The number of nitrogens with one attached hydrogen (secondary N) is 1. The average Bonchev–Trinajstić information content (AvgIpc) is 2.96. The normalized spacial score (nSPS) is 11.9. The van der Waals surface area contributed by atoms with E-state index in [1.54, 1.807) is 67.6 Å². The third-order valence-electron chi connectivity index (χ3n) is 6.43. The van der Waals surface area contributed by atoms with Crippen molar-refractivity contribution >= 4 is 50.7 Å². The molecule has 0 saturated heterocycles. The minimum Gasteiger partial charge on any atom is -0.494 e. The lowest BCUT2D eigenvalue weighted by Gasteiger charge is -2.32. The average molecular weight is 621 g/mol. The number of hydrogen-bond donors (Lipinski definition) is 1. The van der Waals surface area contributed by atoms with E-state index in [4.69, 9.17) is 27.9 Å². The number of amides is 2. The lowest BCUT2D eigenvalue weighted by Crippen LogP contribution is -2.51. The Bertz CT molecular complexity index is 1400. The largest absolute Gasteiger partial charge is 0.494 e. The van der Waals surface area contributed by atoms with Crippen LogP contribution in [0.5, 0.6) is 5.75 Å². The fraction of sp³-hybridized carbons (Fsp3) is 0.333. The van der Waals surface area contributed by atoms with Gasteiger partial charge in [-0.25, -0.2) is 8.42 Å². The summed E-state index contributed by atoms with van der Waals surface area (Å²) in [5, 5.41) is 3.51. The molecule has 1 atom stereocenters. The molecule has 0 aliphatic heterocycles. The smallest absolute Gasteiger partial charge is 0.264 e. The molecule has 0 spiro atoms. The Balaban J connectivity index is 2.00. The molecule has 3 aromatic rings. The van der Waals surface area contributed by atoms with Gasteiger partial charge in [-0.05, 0) is 68.8 Å². The van der Waals surface area contributed by atoms with Gasteiger partial charge in [0.25, 0.3) is 10.0 Å². The Morgan fingerprint density at radius 2 is 1.56 bits per heavy atom. The summed E-state index contributed by atoms with van der Waals surface area (Å²) in [5.41, 5.74) is 0.753. The number of halogens is 2. The maximum absolute atomic E-state index is 14.0. The lowest BCUT2D eigenvalue weighted by atomic mass is 10.1.